The molecule has 3 aromatic rings. The Hall–Kier alpha value is -3.88. The van der Waals surface area contributed by atoms with Gasteiger partial charge in [0.25, 0.3) is 5.91 Å². The summed E-state index contributed by atoms with van der Waals surface area (Å²) in [6.07, 6.45) is 4.51. The maximum absolute atomic E-state index is 14.9. The predicted octanol–water partition coefficient (Wildman–Crippen LogP) is 4.91. The lowest BCUT2D eigenvalue weighted by Gasteiger charge is -2.39. The van der Waals surface area contributed by atoms with Gasteiger partial charge in [0.05, 0.1) is 29.2 Å². The lowest BCUT2D eigenvalue weighted by molar-refractivity contribution is -0.153. The van der Waals surface area contributed by atoms with Crippen molar-refractivity contribution < 1.29 is 24.2 Å². The quantitative estimate of drug-likeness (QED) is 0.270. The second kappa shape index (κ2) is 11.4. The van der Waals surface area contributed by atoms with Crippen LogP contribution in [-0.4, -0.2) is 63.6 Å². The number of likely N-dealkylation sites (tertiary alicyclic amines) is 1. The summed E-state index contributed by atoms with van der Waals surface area (Å²) in [5, 5.41) is 12.6. The normalized spacial score (nSPS) is 26.6. The molecule has 3 aliphatic heterocycles. The second-order valence-corrected chi connectivity index (χ2v) is 12.7. The van der Waals surface area contributed by atoms with Crippen molar-refractivity contribution in [2.75, 3.05) is 24.7 Å². The van der Waals surface area contributed by atoms with E-state index in [0.717, 1.165) is 16.3 Å². The summed E-state index contributed by atoms with van der Waals surface area (Å²) in [5.41, 5.74) is 1.43. The molecule has 2 amide bonds. The van der Waals surface area contributed by atoms with Crippen molar-refractivity contribution in [1.82, 2.24) is 4.90 Å². The summed E-state index contributed by atoms with van der Waals surface area (Å²) in [4.78, 5) is 46.0. The summed E-state index contributed by atoms with van der Waals surface area (Å²) in [5.74, 6) is -2.36. The van der Waals surface area contributed by atoms with E-state index < -0.39 is 34.6 Å². The Morgan fingerprint density at radius 2 is 1.81 bits per heavy atom. The Labute approximate surface area is 249 Å². The van der Waals surface area contributed by atoms with Gasteiger partial charge < -0.3 is 19.6 Å². The molecule has 0 radical (unpaired) electrons. The number of anilines is 1. The molecule has 3 aliphatic rings. The van der Waals surface area contributed by atoms with Crippen LogP contribution in [0.5, 0.6) is 0 Å². The van der Waals surface area contributed by atoms with E-state index in [0.29, 0.717) is 18.5 Å². The lowest BCUT2D eigenvalue weighted by Crippen LogP contribution is -2.56. The summed E-state index contributed by atoms with van der Waals surface area (Å²) < 4.78 is 4.66. The first-order valence-electron chi connectivity index (χ1n) is 14.3. The van der Waals surface area contributed by atoms with Gasteiger partial charge in [-0.25, -0.2) is 0 Å². The summed E-state index contributed by atoms with van der Waals surface area (Å²) in [6, 6.07) is 21.4. The molecule has 0 aliphatic carbocycles. The minimum atomic E-state index is -0.897. The smallest absolute Gasteiger partial charge is 0.311 e. The molecular formula is C34H34N2O5S. The molecule has 3 saturated heterocycles. The van der Waals surface area contributed by atoms with Crippen LogP contribution in [0.25, 0.3) is 10.8 Å². The fourth-order valence-corrected chi connectivity index (χ4v) is 9.37. The standard InChI is InChI=1S/C34H34N2O5S/c1-3-18-35(25-15-14-22-10-8-9-13-24(22)20-25)32(39)30-34-17-16-27(42-34)28(33(40)41-19-4-2)29(34)31(38)36(30)26(21-37)23-11-6-5-7-12-23/h3-15,20,26-30,37H,1-2,16-19,21H2/t26-,27+,28-,29+,30?,34?/m1/s1. The van der Waals surface area contributed by atoms with Crippen LogP contribution in [-0.2, 0) is 19.1 Å². The predicted molar refractivity (Wildman–Crippen MR) is 165 cm³/mol. The first kappa shape index (κ1) is 28.2. The van der Waals surface area contributed by atoms with Crippen molar-refractivity contribution >= 4 is 46.0 Å². The number of fused-ring (bicyclic) bond motifs is 2. The number of aliphatic hydroxyl groups is 1. The molecule has 1 N–H and O–H groups in total. The molecule has 216 valence electrons. The average molecular weight is 583 g/mol. The third kappa shape index (κ3) is 4.44. The number of ether oxygens (including phenoxy) is 1. The highest BCUT2D eigenvalue weighted by Crippen LogP contribution is 2.67. The number of carbonyl (C=O) groups excluding carboxylic acids is 3. The largest absolute Gasteiger partial charge is 0.461 e. The molecule has 42 heavy (non-hydrogen) atoms. The van der Waals surface area contributed by atoms with Crippen molar-refractivity contribution in [3.05, 3.63) is 104 Å². The van der Waals surface area contributed by atoms with E-state index in [1.807, 2.05) is 72.8 Å². The third-order valence-electron chi connectivity index (χ3n) is 8.90. The van der Waals surface area contributed by atoms with E-state index in [1.165, 1.54) is 6.08 Å². The molecule has 3 aromatic carbocycles. The molecule has 2 bridgehead atoms. The Morgan fingerprint density at radius 1 is 1.07 bits per heavy atom. The molecule has 8 heteroatoms. The number of rotatable bonds is 10. The number of benzene rings is 3. The maximum atomic E-state index is 14.9. The zero-order valence-electron chi connectivity index (χ0n) is 23.3. The average Bonchev–Trinajstić information content (AvgIpc) is 3.67. The van der Waals surface area contributed by atoms with Gasteiger partial charge in [0.15, 0.2) is 0 Å². The van der Waals surface area contributed by atoms with Crippen molar-refractivity contribution in [2.45, 2.75) is 34.9 Å². The second-order valence-electron chi connectivity index (χ2n) is 11.1. The van der Waals surface area contributed by atoms with Crippen molar-refractivity contribution in [3.63, 3.8) is 0 Å². The molecule has 3 heterocycles. The van der Waals surface area contributed by atoms with Crippen molar-refractivity contribution in [3.8, 4) is 0 Å². The van der Waals surface area contributed by atoms with Gasteiger partial charge in [-0.2, -0.15) is 0 Å². The summed E-state index contributed by atoms with van der Waals surface area (Å²) in [7, 11) is 0. The van der Waals surface area contributed by atoms with Crippen LogP contribution in [0.4, 0.5) is 5.69 Å². The Balaban J connectivity index is 1.47. The molecule has 7 nitrogen and oxygen atoms in total. The number of hydrogen-bond donors (Lipinski definition) is 1. The minimum absolute atomic E-state index is 0.0606. The summed E-state index contributed by atoms with van der Waals surface area (Å²) >= 11 is 1.58. The van der Waals surface area contributed by atoms with E-state index in [2.05, 4.69) is 13.2 Å². The molecule has 6 atom stereocenters. The van der Waals surface area contributed by atoms with Crippen LogP contribution in [0.2, 0.25) is 0 Å². The molecule has 6 rings (SSSR count). The zero-order valence-corrected chi connectivity index (χ0v) is 24.1. The monoisotopic (exact) mass is 582 g/mol. The summed E-state index contributed by atoms with van der Waals surface area (Å²) in [6.45, 7) is 7.50. The molecule has 2 unspecified atom stereocenters. The van der Waals surface area contributed by atoms with Gasteiger partial charge in [0.1, 0.15) is 12.6 Å². The van der Waals surface area contributed by atoms with Gasteiger partial charge in [-0.1, -0.05) is 79.4 Å². The topological polar surface area (TPSA) is 87.2 Å². The number of hydrogen-bond acceptors (Lipinski definition) is 6. The van der Waals surface area contributed by atoms with Gasteiger partial charge in [0.2, 0.25) is 5.91 Å². The Morgan fingerprint density at radius 3 is 2.52 bits per heavy atom. The van der Waals surface area contributed by atoms with Crippen molar-refractivity contribution in [1.29, 1.82) is 0 Å². The zero-order chi connectivity index (χ0) is 29.4. The van der Waals surface area contributed by atoms with Gasteiger partial charge in [-0.3, -0.25) is 14.4 Å². The number of nitrogens with zero attached hydrogens (tertiary/aromatic N) is 2. The lowest BCUT2D eigenvalue weighted by atomic mass is 9.71. The van der Waals surface area contributed by atoms with Gasteiger partial charge in [-0.05, 0) is 41.3 Å². The molecular weight excluding hydrogens is 548 g/mol. The van der Waals surface area contributed by atoms with Crippen molar-refractivity contribution in [2.24, 2.45) is 11.8 Å². The van der Waals surface area contributed by atoms with Crippen LogP contribution < -0.4 is 4.90 Å². The Kier molecular flexibility index (Phi) is 7.68. The van der Waals surface area contributed by atoms with E-state index in [9.17, 15) is 19.5 Å². The first-order chi connectivity index (χ1) is 20.4. The third-order valence-corrected chi connectivity index (χ3v) is 10.9. The van der Waals surface area contributed by atoms with E-state index in [4.69, 9.17) is 4.74 Å². The van der Waals surface area contributed by atoms with E-state index in [1.54, 1.807) is 27.6 Å². The van der Waals surface area contributed by atoms with E-state index >= 15 is 0 Å². The Bertz CT molecular complexity index is 1540. The molecule has 3 fully saturated rings. The molecule has 0 saturated carbocycles. The SMILES string of the molecule is C=CCOC(=O)[C@@H]1[C@@H]2CCC3(S2)C(C(=O)N(CC=C)c2ccc4ccccc4c2)N([C@H](CO)c2ccccc2)C(=O)[C@H]13. The first-order valence-corrected chi connectivity index (χ1v) is 15.2. The number of aliphatic hydroxyl groups excluding tert-OH is 1. The van der Waals surface area contributed by atoms with Crippen LogP contribution >= 0.6 is 11.8 Å². The highest BCUT2D eigenvalue weighted by atomic mass is 32.2. The maximum Gasteiger partial charge on any atom is 0.311 e. The molecule has 0 aromatic heterocycles. The number of carbonyl (C=O) groups is 3. The fraction of sp³-hybridized carbons (Fsp3) is 0.324. The van der Waals surface area contributed by atoms with Gasteiger partial charge in [-0.15, -0.1) is 18.3 Å². The van der Waals surface area contributed by atoms with Crippen LogP contribution in [0.3, 0.4) is 0 Å². The van der Waals surface area contributed by atoms with Gasteiger partial charge in [0, 0.05) is 17.5 Å². The van der Waals surface area contributed by atoms with Gasteiger partial charge >= 0.3 is 5.97 Å². The van der Waals surface area contributed by atoms with E-state index in [-0.39, 0.29) is 36.8 Å². The highest BCUT2D eigenvalue weighted by molar-refractivity contribution is 8.02. The van der Waals surface area contributed by atoms with Crippen LogP contribution in [0.15, 0.2) is 98.1 Å². The molecule has 1 spiro atoms. The highest BCUT2D eigenvalue weighted by Gasteiger charge is 2.75. The number of amides is 2. The van der Waals surface area contributed by atoms with Crippen LogP contribution in [0, 0.1) is 11.8 Å². The number of esters is 1. The number of thioether (sulfide) groups is 1. The fourth-order valence-electron chi connectivity index (χ4n) is 7.18. The minimum Gasteiger partial charge on any atom is -0.461 e. The van der Waals surface area contributed by atoms with Crippen LogP contribution in [0.1, 0.15) is 24.4 Å².